The summed E-state index contributed by atoms with van der Waals surface area (Å²) < 4.78 is 2.58. The van der Waals surface area contributed by atoms with Crippen LogP contribution in [0.25, 0.3) is 21.9 Å². The molecule has 0 aliphatic heterocycles. The average molecular weight is 644 g/mol. The molecule has 0 radical (unpaired) electrons. The number of hydrogen-bond donors (Lipinski definition) is 0. The monoisotopic (exact) mass is 644 g/mol. The summed E-state index contributed by atoms with van der Waals surface area (Å²) in [6.07, 6.45) is 11.7. The SMILES string of the molecule is CC1=CC[C]([Hf+2][CH]2C(p3c4c(c5ccccc53)CCCC4)=Cc3ccccc32)=C1C.[Cl-].[Cl-]. The van der Waals surface area contributed by atoms with Gasteiger partial charge < -0.3 is 24.8 Å². The van der Waals surface area contributed by atoms with E-state index in [-0.39, 0.29) is 32.3 Å². The van der Waals surface area contributed by atoms with Gasteiger partial charge in [-0.3, -0.25) is 0 Å². The van der Waals surface area contributed by atoms with Crippen LogP contribution in [0.15, 0.2) is 69.1 Å². The van der Waals surface area contributed by atoms with Gasteiger partial charge in [0.1, 0.15) is 0 Å². The molecule has 2 atom stereocenters. The molecule has 1 heterocycles. The first-order chi connectivity index (χ1) is 14.7. The van der Waals surface area contributed by atoms with Crippen molar-refractivity contribution in [3.8, 4) is 0 Å². The number of halogens is 2. The summed E-state index contributed by atoms with van der Waals surface area (Å²) in [4.78, 5) is 0. The summed E-state index contributed by atoms with van der Waals surface area (Å²) in [6.45, 7) is 4.69. The Balaban J connectivity index is 0.00000122. The molecule has 0 amide bonds. The molecule has 0 saturated heterocycles. The predicted octanol–water partition coefficient (Wildman–Crippen LogP) is 2.47. The molecule has 0 saturated carbocycles. The first-order valence-corrected chi connectivity index (χ1v) is 16.5. The molecule has 3 aromatic rings. The van der Waals surface area contributed by atoms with Gasteiger partial charge in [0.15, 0.2) is 0 Å². The van der Waals surface area contributed by atoms with E-state index in [1.807, 2.05) is 8.62 Å². The molecule has 0 bridgehead atoms. The van der Waals surface area contributed by atoms with E-state index in [0.29, 0.717) is 0 Å². The molecule has 0 nitrogen and oxygen atoms in total. The Kier molecular flexibility index (Phi) is 7.43. The number of allylic oxidation sites excluding steroid dienone is 5. The number of rotatable bonds is 3. The molecular formula is C28H27Cl2HfP. The van der Waals surface area contributed by atoms with Crippen LogP contribution in [0.3, 0.4) is 0 Å². The zero-order chi connectivity index (χ0) is 20.2. The van der Waals surface area contributed by atoms with Gasteiger partial charge in [0.25, 0.3) is 0 Å². The molecule has 0 spiro atoms. The van der Waals surface area contributed by atoms with Crippen molar-refractivity contribution in [2.75, 3.05) is 0 Å². The van der Waals surface area contributed by atoms with Crippen LogP contribution in [0.4, 0.5) is 0 Å². The van der Waals surface area contributed by atoms with Crippen molar-refractivity contribution in [3.05, 3.63) is 91.1 Å². The van der Waals surface area contributed by atoms with Crippen LogP contribution in [0.5, 0.6) is 0 Å². The van der Waals surface area contributed by atoms with Crippen molar-refractivity contribution in [1.29, 1.82) is 0 Å². The molecule has 32 heavy (non-hydrogen) atoms. The van der Waals surface area contributed by atoms with Gasteiger partial charge >= 0.3 is 193 Å². The number of fused-ring (bicyclic) bond motifs is 4. The molecular weight excluding hydrogens is 617 g/mol. The molecule has 6 rings (SSSR count). The molecule has 0 fully saturated rings. The van der Waals surface area contributed by atoms with Crippen LogP contribution >= 0.6 is 7.53 Å². The van der Waals surface area contributed by atoms with E-state index in [0.717, 1.165) is 3.67 Å². The van der Waals surface area contributed by atoms with Crippen LogP contribution in [-0.2, 0) is 35.7 Å². The van der Waals surface area contributed by atoms with Gasteiger partial charge in [-0.25, -0.2) is 0 Å². The first kappa shape index (κ1) is 24.3. The van der Waals surface area contributed by atoms with Crippen LogP contribution in [0, 0.1) is 0 Å². The summed E-state index contributed by atoms with van der Waals surface area (Å²) in [5, 5.41) is 6.89. The second kappa shape index (κ2) is 9.79. The van der Waals surface area contributed by atoms with Crippen LogP contribution in [-0.4, -0.2) is 0 Å². The van der Waals surface area contributed by atoms with Gasteiger partial charge in [-0.1, -0.05) is 0 Å². The van der Waals surface area contributed by atoms with E-state index in [2.05, 4.69) is 74.5 Å². The Bertz CT molecular complexity index is 1280. The van der Waals surface area contributed by atoms with Crippen molar-refractivity contribution >= 4 is 29.4 Å². The first-order valence-electron chi connectivity index (χ1n) is 11.3. The van der Waals surface area contributed by atoms with Gasteiger partial charge in [-0.2, -0.15) is 0 Å². The van der Waals surface area contributed by atoms with E-state index in [1.54, 1.807) is 32.5 Å². The van der Waals surface area contributed by atoms with Crippen LogP contribution < -0.4 is 24.8 Å². The maximum absolute atomic E-state index is 2.63. The maximum atomic E-state index is 2.63. The van der Waals surface area contributed by atoms with Gasteiger partial charge in [-0.05, 0) is 0 Å². The van der Waals surface area contributed by atoms with E-state index < -0.39 is 22.9 Å². The minimum atomic E-state index is -1.02. The van der Waals surface area contributed by atoms with Crippen LogP contribution in [0.1, 0.15) is 58.8 Å². The molecule has 3 aliphatic carbocycles. The Morgan fingerprint density at radius 2 is 1.66 bits per heavy atom. The minimum Gasteiger partial charge on any atom is -1.00 e. The smallest absolute Gasteiger partial charge is 1.00 e. The zero-order valence-electron chi connectivity index (χ0n) is 18.6. The third-order valence-electron chi connectivity index (χ3n) is 7.32. The summed E-state index contributed by atoms with van der Waals surface area (Å²) in [5.74, 6) is 0. The Morgan fingerprint density at radius 3 is 2.47 bits per heavy atom. The maximum Gasteiger partial charge on any atom is -1.00 e. The molecule has 4 heteroatoms. The summed E-state index contributed by atoms with van der Waals surface area (Å²) >= 11 is -1.02. The van der Waals surface area contributed by atoms with Crippen LogP contribution in [0.2, 0.25) is 0 Å². The predicted molar refractivity (Wildman–Crippen MR) is 128 cm³/mol. The van der Waals surface area contributed by atoms with Gasteiger partial charge in [0, 0.05) is 0 Å². The summed E-state index contributed by atoms with van der Waals surface area (Å²) in [7, 11) is -0.301. The van der Waals surface area contributed by atoms with Gasteiger partial charge in [0.2, 0.25) is 0 Å². The topological polar surface area (TPSA) is 0 Å². The summed E-state index contributed by atoms with van der Waals surface area (Å²) in [5.41, 5.74) is 8.03. The third-order valence-corrected chi connectivity index (χ3v) is 17.6. The van der Waals surface area contributed by atoms with Crippen molar-refractivity contribution < 1.29 is 47.7 Å². The van der Waals surface area contributed by atoms with Crippen molar-refractivity contribution in [3.63, 3.8) is 0 Å². The summed E-state index contributed by atoms with van der Waals surface area (Å²) in [6, 6.07) is 18.7. The molecule has 162 valence electrons. The Labute approximate surface area is 216 Å². The fraction of sp³-hybridized carbons (Fsp3) is 0.286. The molecule has 2 unspecified atom stereocenters. The Hall–Kier alpha value is -0.850. The van der Waals surface area contributed by atoms with Gasteiger partial charge in [0.05, 0.1) is 0 Å². The third kappa shape index (κ3) is 3.88. The second-order valence-electron chi connectivity index (χ2n) is 8.96. The normalized spacial score (nSPS) is 19.4. The molecule has 3 aliphatic rings. The standard InChI is InChI=1S/C21H18P.C7H9.2ClH.Hf/c1-2-8-16-14-17(13-15(16)7-1)22-20-11-5-3-9-18(20)19-10-4-6-12-21(19)22;1-6-4-3-5-7(6)2;;;/h1-3,5,7-9,11,13-14H,4,6,10,12H2;4H,3H2,1-2H3;2*1H;/q;;;;+2/p-2. The minimum absolute atomic E-state index is 0. The second-order valence-corrected chi connectivity index (χ2v) is 16.4. The fourth-order valence-electron chi connectivity index (χ4n) is 5.58. The van der Waals surface area contributed by atoms with Gasteiger partial charge in [-0.15, -0.1) is 0 Å². The number of benzene rings is 2. The zero-order valence-corrected chi connectivity index (χ0v) is 24.6. The number of hydrogen-bond acceptors (Lipinski definition) is 0. The molecule has 0 N–H and O–H groups in total. The van der Waals surface area contributed by atoms with E-state index in [9.17, 15) is 0 Å². The van der Waals surface area contributed by atoms with E-state index >= 15 is 0 Å². The quantitative estimate of drug-likeness (QED) is 0.385. The Morgan fingerprint density at radius 1 is 0.906 bits per heavy atom. The van der Waals surface area contributed by atoms with Crippen molar-refractivity contribution in [2.24, 2.45) is 0 Å². The number of aryl methyl sites for hydroxylation is 1. The van der Waals surface area contributed by atoms with E-state index in [4.69, 9.17) is 0 Å². The van der Waals surface area contributed by atoms with E-state index in [1.165, 1.54) is 43.2 Å². The fourth-order valence-corrected chi connectivity index (χ4v) is 16.5. The molecule has 1 aromatic heterocycles. The largest absolute Gasteiger partial charge is 1.00 e. The van der Waals surface area contributed by atoms with Crippen molar-refractivity contribution in [2.45, 2.75) is 49.6 Å². The van der Waals surface area contributed by atoms with Crippen molar-refractivity contribution in [1.82, 2.24) is 0 Å². The molecule has 2 aromatic carbocycles. The average Bonchev–Trinajstić information content (AvgIpc) is 3.41.